The van der Waals surface area contributed by atoms with Gasteiger partial charge < -0.3 is 23.9 Å². The molecule has 0 unspecified atom stereocenters. The Morgan fingerprint density at radius 1 is 1.06 bits per heavy atom. The fourth-order valence-corrected chi connectivity index (χ4v) is 3.64. The maximum atomic E-state index is 12.6. The minimum atomic E-state index is -0.148. The lowest BCUT2D eigenvalue weighted by Gasteiger charge is -2.12. The predicted octanol–water partition coefficient (Wildman–Crippen LogP) is 5.23. The molecule has 0 saturated carbocycles. The van der Waals surface area contributed by atoms with Crippen molar-refractivity contribution in [2.45, 2.75) is 34.1 Å². The zero-order valence-electron chi connectivity index (χ0n) is 19.6. The smallest absolute Gasteiger partial charge is 0.244 e. The Labute approximate surface area is 189 Å². The van der Waals surface area contributed by atoms with Crippen LogP contribution in [0.3, 0.4) is 0 Å². The molecule has 6 heteroatoms. The zero-order chi connectivity index (χ0) is 23.3. The third kappa shape index (κ3) is 5.07. The number of hydrogen-bond donors (Lipinski definition) is 1. The molecule has 3 aromatic rings. The SMILES string of the molecule is CCOc1cc2oc(C)c(C)c2cc1/C(C)=C/C(=O)NCCc1ccc(OC)c(OC)c1. The predicted molar refractivity (Wildman–Crippen MR) is 127 cm³/mol. The van der Waals surface area contributed by atoms with E-state index in [0.717, 1.165) is 39.0 Å². The summed E-state index contributed by atoms with van der Waals surface area (Å²) in [4.78, 5) is 12.6. The number of aryl methyl sites for hydroxylation is 2. The second-order valence-corrected chi connectivity index (χ2v) is 7.62. The molecule has 3 rings (SSSR count). The molecule has 1 heterocycles. The Bertz CT molecular complexity index is 1140. The fraction of sp³-hybridized carbons (Fsp3) is 0.346. The van der Waals surface area contributed by atoms with Gasteiger partial charge in [-0.2, -0.15) is 0 Å². The summed E-state index contributed by atoms with van der Waals surface area (Å²) in [6, 6.07) is 9.69. The van der Waals surface area contributed by atoms with Gasteiger partial charge in [0.25, 0.3) is 0 Å². The summed E-state index contributed by atoms with van der Waals surface area (Å²) in [5, 5.41) is 3.99. The van der Waals surface area contributed by atoms with Crippen LogP contribution < -0.4 is 19.5 Å². The van der Waals surface area contributed by atoms with Crippen molar-refractivity contribution in [3.05, 3.63) is 58.9 Å². The summed E-state index contributed by atoms with van der Waals surface area (Å²) in [5.41, 5.74) is 4.66. The van der Waals surface area contributed by atoms with Crippen LogP contribution in [0.1, 0.15) is 36.3 Å². The van der Waals surface area contributed by atoms with Crippen molar-refractivity contribution in [3.8, 4) is 17.2 Å². The van der Waals surface area contributed by atoms with Crippen molar-refractivity contribution in [1.29, 1.82) is 0 Å². The van der Waals surface area contributed by atoms with E-state index in [0.29, 0.717) is 36.8 Å². The van der Waals surface area contributed by atoms with Gasteiger partial charge in [-0.3, -0.25) is 4.79 Å². The molecule has 0 radical (unpaired) electrons. The molecule has 1 N–H and O–H groups in total. The van der Waals surface area contributed by atoms with Gasteiger partial charge in [-0.15, -0.1) is 0 Å². The number of rotatable bonds is 9. The number of allylic oxidation sites excluding steroid dienone is 1. The van der Waals surface area contributed by atoms with E-state index in [-0.39, 0.29) is 5.91 Å². The maximum absolute atomic E-state index is 12.6. The fourth-order valence-electron chi connectivity index (χ4n) is 3.64. The van der Waals surface area contributed by atoms with Crippen LogP contribution >= 0.6 is 0 Å². The molecule has 0 aliphatic carbocycles. The van der Waals surface area contributed by atoms with Crippen LogP contribution in [0.2, 0.25) is 0 Å². The Kier molecular flexibility index (Phi) is 7.46. The van der Waals surface area contributed by atoms with Gasteiger partial charge in [0.2, 0.25) is 5.91 Å². The molecule has 0 aliphatic rings. The molecule has 0 spiro atoms. The molecule has 0 bridgehead atoms. The van der Waals surface area contributed by atoms with E-state index in [1.165, 1.54) is 0 Å². The molecule has 6 nitrogen and oxygen atoms in total. The second-order valence-electron chi connectivity index (χ2n) is 7.62. The lowest BCUT2D eigenvalue weighted by atomic mass is 10.0. The number of furan rings is 1. The van der Waals surface area contributed by atoms with E-state index in [9.17, 15) is 4.79 Å². The van der Waals surface area contributed by atoms with Gasteiger partial charge in [-0.1, -0.05) is 6.07 Å². The van der Waals surface area contributed by atoms with Crippen LogP contribution in [0.5, 0.6) is 17.2 Å². The molecule has 2 aromatic carbocycles. The number of fused-ring (bicyclic) bond motifs is 1. The van der Waals surface area contributed by atoms with E-state index >= 15 is 0 Å². The van der Waals surface area contributed by atoms with Crippen LogP contribution in [0.25, 0.3) is 16.5 Å². The van der Waals surface area contributed by atoms with Gasteiger partial charge in [0.15, 0.2) is 11.5 Å². The van der Waals surface area contributed by atoms with E-state index in [4.69, 9.17) is 18.6 Å². The lowest BCUT2D eigenvalue weighted by molar-refractivity contribution is -0.116. The van der Waals surface area contributed by atoms with Crippen LogP contribution in [0, 0.1) is 13.8 Å². The second kappa shape index (κ2) is 10.3. The van der Waals surface area contributed by atoms with Gasteiger partial charge in [0.05, 0.1) is 20.8 Å². The van der Waals surface area contributed by atoms with Gasteiger partial charge in [-0.25, -0.2) is 0 Å². The minimum Gasteiger partial charge on any atom is -0.493 e. The topological polar surface area (TPSA) is 69.9 Å². The number of nitrogens with one attached hydrogen (secondary N) is 1. The maximum Gasteiger partial charge on any atom is 0.244 e. The van der Waals surface area contributed by atoms with Gasteiger partial charge in [-0.05, 0) is 69.0 Å². The minimum absolute atomic E-state index is 0.148. The van der Waals surface area contributed by atoms with Crippen molar-refractivity contribution in [2.24, 2.45) is 0 Å². The molecule has 32 heavy (non-hydrogen) atoms. The highest BCUT2D eigenvalue weighted by molar-refractivity contribution is 5.97. The first kappa shape index (κ1) is 23.3. The normalized spacial score (nSPS) is 11.5. The van der Waals surface area contributed by atoms with Gasteiger partial charge in [0, 0.05) is 29.6 Å². The summed E-state index contributed by atoms with van der Waals surface area (Å²) in [5.74, 6) is 2.81. The molecular weight excluding hydrogens is 406 g/mol. The van der Waals surface area contributed by atoms with Gasteiger partial charge in [0.1, 0.15) is 17.1 Å². The number of ether oxygens (including phenoxy) is 3. The average molecular weight is 438 g/mol. The van der Waals surface area contributed by atoms with E-state index in [2.05, 4.69) is 5.32 Å². The first-order chi connectivity index (χ1) is 15.4. The Balaban J connectivity index is 1.72. The quantitative estimate of drug-likeness (QED) is 0.464. The molecule has 0 saturated heterocycles. The highest BCUT2D eigenvalue weighted by Gasteiger charge is 2.14. The standard InChI is InChI=1S/C26H31NO5/c1-7-31-23-15-24-21(17(3)18(4)32-24)14-20(23)16(2)12-26(28)27-11-10-19-8-9-22(29-5)25(13-19)30-6/h8-9,12-15H,7,10-11H2,1-6H3,(H,27,28)/b16-12+. The summed E-state index contributed by atoms with van der Waals surface area (Å²) in [7, 11) is 3.22. The molecule has 0 atom stereocenters. The monoisotopic (exact) mass is 437 g/mol. The Morgan fingerprint density at radius 2 is 1.81 bits per heavy atom. The van der Waals surface area contributed by atoms with Crippen molar-refractivity contribution in [1.82, 2.24) is 5.32 Å². The third-order valence-corrected chi connectivity index (χ3v) is 5.51. The highest BCUT2D eigenvalue weighted by Crippen LogP contribution is 2.35. The van der Waals surface area contributed by atoms with Crippen LogP contribution in [0.15, 0.2) is 40.8 Å². The zero-order valence-corrected chi connectivity index (χ0v) is 19.6. The van der Waals surface area contributed by atoms with Crippen LogP contribution in [-0.2, 0) is 11.2 Å². The first-order valence-corrected chi connectivity index (χ1v) is 10.7. The molecular formula is C26H31NO5. The van der Waals surface area contributed by atoms with Gasteiger partial charge >= 0.3 is 0 Å². The molecule has 0 aliphatic heterocycles. The van der Waals surface area contributed by atoms with E-state index in [1.54, 1.807) is 20.3 Å². The Hall–Kier alpha value is -3.41. The summed E-state index contributed by atoms with van der Waals surface area (Å²) in [6.07, 6.45) is 2.29. The van der Waals surface area contributed by atoms with E-state index < -0.39 is 0 Å². The first-order valence-electron chi connectivity index (χ1n) is 10.7. The van der Waals surface area contributed by atoms with Crippen molar-refractivity contribution < 1.29 is 23.4 Å². The number of carbonyl (C=O) groups excluding carboxylic acids is 1. The third-order valence-electron chi connectivity index (χ3n) is 5.51. The van der Waals surface area contributed by atoms with Crippen molar-refractivity contribution in [3.63, 3.8) is 0 Å². The van der Waals surface area contributed by atoms with Crippen molar-refractivity contribution >= 4 is 22.4 Å². The highest BCUT2D eigenvalue weighted by atomic mass is 16.5. The number of benzene rings is 2. The largest absolute Gasteiger partial charge is 0.493 e. The molecule has 1 aromatic heterocycles. The summed E-state index contributed by atoms with van der Waals surface area (Å²) < 4.78 is 22.3. The lowest BCUT2D eigenvalue weighted by Crippen LogP contribution is -2.23. The number of methoxy groups -OCH3 is 2. The summed E-state index contributed by atoms with van der Waals surface area (Å²) >= 11 is 0. The van der Waals surface area contributed by atoms with E-state index in [1.807, 2.05) is 58.0 Å². The number of hydrogen-bond acceptors (Lipinski definition) is 5. The molecule has 0 fully saturated rings. The van der Waals surface area contributed by atoms with Crippen molar-refractivity contribution in [2.75, 3.05) is 27.4 Å². The molecule has 1 amide bonds. The number of carbonyl (C=O) groups is 1. The van der Waals surface area contributed by atoms with Crippen LogP contribution in [0.4, 0.5) is 0 Å². The average Bonchev–Trinajstić information content (AvgIpc) is 3.05. The Morgan fingerprint density at radius 3 is 2.50 bits per heavy atom. The number of amides is 1. The summed E-state index contributed by atoms with van der Waals surface area (Å²) in [6.45, 7) is 8.87. The van der Waals surface area contributed by atoms with Crippen LogP contribution in [-0.4, -0.2) is 33.3 Å². The molecule has 170 valence electrons.